The molecule has 0 spiro atoms. The maximum absolute atomic E-state index is 13.7. The van der Waals surface area contributed by atoms with E-state index in [2.05, 4.69) is 25.7 Å². The van der Waals surface area contributed by atoms with E-state index in [1.165, 1.54) is 29.1 Å². The largest absolute Gasteiger partial charge is 0.435 e. The maximum atomic E-state index is 13.7. The number of carbonyl (C=O) groups excluding carboxylic acids is 1. The summed E-state index contributed by atoms with van der Waals surface area (Å²) in [4.78, 5) is 21.1. The molecule has 0 saturated heterocycles. The molecule has 0 unspecified atom stereocenters. The van der Waals surface area contributed by atoms with E-state index in [0.717, 1.165) is 25.5 Å². The third kappa shape index (κ3) is 4.46. The lowest BCUT2D eigenvalue weighted by molar-refractivity contribution is -0.141. The standard InChI is InChI=1S/C24H20ClF5N8O/c25-15-5-12(1-2-13(15)21(39)35-23-9-22(31,10-23)11-23)34-19-20-33-6-16(38(20)4-3-32-19)14-7-37(8-17(26)27)36-18(14)24(28,29)30/h1-7,17H,8-11,31H2,(H,32,34)(H,35,39). The second kappa shape index (κ2) is 8.61. The summed E-state index contributed by atoms with van der Waals surface area (Å²) in [5.74, 6) is -0.119. The predicted octanol–water partition coefficient (Wildman–Crippen LogP) is 4.64. The van der Waals surface area contributed by atoms with Gasteiger partial charge in [0.25, 0.3) is 12.3 Å². The number of hydrogen-bond acceptors (Lipinski definition) is 6. The van der Waals surface area contributed by atoms with Gasteiger partial charge in [0, 0.05) is 35.4 Å². The molecule has 4 N–H and O–H groups in total. The quantitative estimate of drug-likeness (QED) is 0.281. The molecule has 39 heavy (non-hydrogen) atoms. The Kier molecular flexibility index (Phi) is 5.63. The second-order valence-corrected chi connectivity index (χ2v) is 10.5. The minimum atomic E-state index is -4.88. The number of imidazole rings is 1. The first-order valence-electron chi connectivity index (χ1n) is 11.8. The Labute approximate surface area is 222 Å². The Morgan fingerprint density at radius 2 is 1.95 bits per heavy atom. The number of alkyl halides is 5. The average Bonchev–Trinajstić information content (AvgIpc) is 3.41. The number of nitrogens with one attached hydrogen (secondary N) is 2. The van der Waals surface area contributed by atoms with Gasteiger partial charge in [-0.3, -0.25) is 13.9 Å². The monoisotopic (exact) mass is 566 g/mol. The molecule has 3 aliphatic carbocycles. The molecule has 204 valence electrons. The van der Waals surface area contributed by atoms with Gasteiger partial charge < -0.3 is 16.4 Å². The first-order valence-corrected chi connectivity index (χ1v) is 12.2. The fraction of sp³-hybridized carbons (Fsp3) is 0.333. The van der Waals surface area contributed by atoms with E-state index in [9.17, 15) is 26.7 Å². The number of rotatable bonds is 7. The third-order valence-electron chi connectivity index (χ3n) is 6.99. The molecule has 7 rings (SSSR count). The van der Waals surface area contributed by atoms with Gasteiger partial charge in [-0.25, -0.2) is 18.7 Å². The molecule has 3 heterocycles. The lowest BCUT2D eigenvalue weighted by Gasteiger charge is -2.68. The van der Waals surface area contributed by atoms with Crippen molar-refractivity contribution < 1.29 is 26.7 Å². The van der Waals surface area contributed by atoms with E-state index < -0.39 is 30.4 Å². The van der Waals surface area contributed by atoms with Gasteiger partial charge in [0.2, 0.25) is 0 Å². The molecule has 3 aromatic heterocycles. The minimum Gasteiger partial charge on any atom is -0.346 e. The van der Waals surface area contributed by atoms with Crippen LogP contribution in [-0.2, 0) is 12.7 Å². The summed E-state index contributed by atoms with van der Waals surface area (Å²) in [6.45, 7) is -0.988. The summed E-state index contributed by atoms with van der Waals surface area (Å²) in [6.07, 6.45) is -0.720. The normalized spacial score (nSPS) is 22.1. The number of nitrogens with zero attached hydrogens (tertiary/aromatic N) is 5. The topological polar surface area (TPSA) is 115 Å². The zero-order chi connectivity index (χ0) is 27.7. The second-order valence-electron chi connectivity index (χ2n) is 10.1. The zero-order valence-corrected chi connectivity index (χ0v) is 20.7. The number of halogens is 6. The molecular formula is C24H20ClF5N8O. The van der Waals surface area contributed by atoms with Crippen molar-refractivity contribution in [1.29, 1.82) is 0 Å². The van der Waals surface area contributed by atoms with E-state index in [4.69, 9.17) is 17.3 Å². The molecule has 3 saturated carbocycles. The summed E-state index contributed by atoms with van der Waals surface area (Å²) >= 11 is 6.39. The number of benzene rings is 1. The van der Waals surface area contributed by atoms with Gasteiger partial charge in [-0.2, -0.15) is 18.3 Å². The summed E-state index contributed by atoms with van der Waals surface area (Å²) in [7, 11) is 0. The molecule has 2 bridgehead atoms. The van der Waals surface area contributed by atoms with Crippen molar-refractivity contribution in [1.82, 2.24) is 29.5 Å². The first-order chi connectivity index (χ1) is 18.3. The van der Waals surface area contributed by atoms with Gasteiger partial charge >= 0.3 is 6.18 Å². The maximum Gasteiger partial charge on any atom is 0.435 e. The van der Waals surface area contributed by atoms with Crippen LogP contribution in [0.3, 0.4) is 0 Å². The van der Waals surface area contributed by atoms with E-state index in [-0.39, 0.29) is 44.7 Å². The molecule has 4 aromatic rings. The van der Waals surface area contributed by atoms with Crippen molar-refractivity contribution in [2.45, 2.75) is 49.5 Å². The van der Waals surface area contributed by atoms with Gasteiger partial charge in [0.05, 0.1) is 28.0 Å². The Balaban J connectivity index is 1.27. The predicted molar refractivity (Wildman–Crippen MR) is 131 cm³/mol. The molecule has 3 aliphatic rings. The van der Waals surface area contributed by atoms with Gasteiger partial charge in [0.15, 0.2) is 17.2 Å². The third-order valence-corrected chi connectivity index (χ3v) is 7.30. The summed E-state index contributed by atoms with van der Waals surface area (Å²) < 4.78 is 68.5. The first kappa shape index (κ1) is 25.5. The van der Waals surface area contributed by atoms with Gasteiger partial charge in [0.1, 0.15) is 6.54 Å². The lowest BCUT2D eigenvalue weighted by Crippen LogP contribution is -2.82. The van der Waals surface area contributed by atoms with E-state index in [0.29, 0.717) is 10.4 Å². The van der Waals surface area contributed by atoms with Crippen LogP contribution in [-0.4, -0.2) is 47.6 Å². The van der Waals surface area contributed by atoms with E-state index in [1.807, 2.05) is 0 Å². The van der Waals surface area contributed by atoms with E-state index in [1.54, 1.807) is 12.1 Å². The Morgan fingerprint density at radius 1 is 1.21 bits per heavy atom. The number of nitrogens with two attached hydrogens (primary N) is 1. The summed E-state index contributed by atoms with van der Waals surface area (Å²) in [5.41, 5.74) is 4.81. The highest BCUT2D eigenvalue weighted by Gasteiger charge is 2.66. The highest BCUT2D eigenvalue weighted by molar-refractivity contribution is 6.34. The Hall–Kier alpha value is -3.78. The number of carbonyl (C=O) groups is 1. The van der Waals surface area contributed by atoms with E-state index >= 15 is 0 Å². The number of anilines is 2. The van der Waals surface area contributed by atoms with Crippen molar-refractivity contribution in [3.05, 3.63) is 59.3 Å². The summed E-state index contributed by atoms with van der Waals surface area (Å²) in [5, 5.41) is 9.52. The van der Waals surface area contributed by atoms with Crippen LogP contribution in [0.25, 0.3) is 16.9 Å². The molecule has 9 nitrogen and oxygen atoms in total. The number of amides is 1. The van der Waals surface area contributed by atoms with Crippen molar-refractivity contribution in [3.8, 4) is 11.3 Å². The highest BCUT2D eigenvalue weighted by atomic mass is 35.5. The van der Waals surface area contributed by atoms with Gasteiger partial charge in [-0.1, -0.05) is 11.6 Å². The fourth-order valence-electron chi connectivity index (χ4n) is 5.48. The molecule has 0 radical (unpaired) electrons. The number of fused-ring (bicyclic) bond motifs is 1. The van der Waals surface area contributed by atoms with Crippen LogP contribution in [0, 0.1) is 0 Å². The molecule has 0 atom stereocenters. The van der Waals surface area contributed by atoms with Crippen LogP contribution in [0.1, 0.15) is 35.3 Å². The minimum absolute atomic E-state index is 0.0128. The molecule has 0 aliphatic heterocycles. The fourth-order valence-corrected chi connectivity index (χ4v) is 5.75. The smallest absolute Gasteiger partial charge is 0.346 e. The van der Waals surface area contributed by atoms with Gasteiger partial charge in [-0.15, -0.1) is 0 Å². The van der Waals surface area contributed by atoms with Crippen LogP contribution in [0.5, 0.6) is 0 Å². The van der Waals surface area contributed by atoms with Crippen LogP contribution in [0.4, 0.5) is 33.5 Å². The highest BCUT2D eigenvalue weighted by Crippen LogP contribution is 2.58. The van der Waals surface area contributed by atoms with Crippen molar-refractivity contribution in [2.75, 3.05) is 5.32 Å². The number of hydrogen-bond donors (Lipinski definition) is 3. The average molecular weight is 567 g/mol. The molecule has 1 aromatic carbocycles. The molecule has 3 fully saturated rings. The molecular weight excluding hydrogens is 547 g/mol. The zero-order valence-electron chi connectivity index (χ0n) is 19.9. The SMILES string of the molecule is NC12CC(NC(=O)c3ccc(Nc4nccn5c(-c6cn(CC(F)F)nc6C(F)(F)F)cnc45)cc3Cl)(C1)C2. The Morgan fingerprint density at radius 3 is 2.59 bits per heavy atom. The van der Waals surface area contributed by atoms with Crippen molar-refractivity contribution in [3.63, 3.8) is 0 Å². The molecule has 1 amide bonds. The van der Waals surface area contributed by atoms with Gasteiger partial charge in [-0.05, 0) is 37.5 Å². The number of aromatic nitrogens is 5. The van der Waals surface area contributed by atoms with Crippen molar-refractivity contribution >= 4 is 34.7 Å². The summed E-state index contributed by atoms with van der Waals surface area (Å²) in [6, 6.07) is 4.68. The molecule has 15 heteroatoms. The van der Waals surface area contributed by atoms with Crippen molar-refractivity contribution in [2.24, 2.45) is 5.73 Å². The lowest BCUT2D eigenvalue weighted by atomic mass is 9.44. The Bertz CT molecular complexity index is 1590. The van der Waals surface area contributed by atoms with Crippen LogP contribution >= 0.6 is 11.6 Å². The van der Waals surface area contributed by atoms with Crippen LogP contribution in [0.2, 0.25) is 5.02 Å². The van der Waals surface area contributed by atoms with Crippen LogP contribution in [0.15, 0.2) is 43.0 Å². The van der Waals surface area contributed by atoms with Crippen LogP contribution < -0.4 is 16.4 Å².